The Morgan fingerprint density at radius 3 is 2.31 bits per heavy atom. The second-order valence-corrected chi connectivity index (χ2v) is 7.45. The van der Waals surface area contributed by atoms with Crippen LogP contribution in [-0.2, 0) is 9.53 Å². The Morgan fingerprint density at radius 2 is 1.69 bits per heavy atom. The van der Waals surface area contributed by atoms with Gasteiger partial charge in [-0.05, 0) is 13.0 Å². The van der Waals surface area contributed by atoms with Crippen LogP contribution in [0.2, 0.25) is 0 Å². The Morgan fingerprint density at radius 1 is 1.03 bits per heavy atom. The molecule has 0 saturated carbocycles. The average molecular weight is 439 g/mol. The fourth-order valence-electron chi connectivity index (χ4n) is 3.14. The van der Waals surface area contributed by atoms with Gasteiger partial charge in [-0.25, -0.2) is 4.79 Å². The van der Waals surface area contributed by atoms with Crippen LogP contribution < -0.4 is 14.8 Å². The number of anilines is 1. The molecule has 0 spiro atoms. The molecule has 0 fully saturated rings. The molecular formula is C24H25NO7. The maximum Gasteiger partial charge on any atom is 0.340 e. The van der Waals surface area contributed by atoms with Crippen LogP contribution in [0.15, 0.2) is 40.8 Å². The fraction of sp³-hybridized carbons (Fsp3) is 0.292. The number of amides is 1. The molecule has 1 heterocycles. The number of ketones is 1. The van der Waals surface area contributed by atoms with Crippen molar-refractivity contribution < 1.29 is 33.0 Å². The number of hydrogen-bond donors (Lipinski definition) is 1. The highest BCUT2D eigenvalue weighted by Crippen LogP contribution is 2.34. The first-order chi connectivity index (χ1) is 15.3. The SMILES string of the molecule is COc1cc(NC(=O)C(C)C)c(C(=O)OCC(=O)c2oc3ccccc3c2C)cc1OC. The van der Waals surface area contributed by atoms with Crippen molar-refractivity contribution >= 4 is 34.3 Å². The zero-order chi connectivity index (χ0) is 23.4. The lowest BCUT2D eigenvalue weighted by Crippen LogP contribution is -2.21. The molecular weight excluding hydrogens is 414 g/mol. The van der Waals surface area contributed by atoms with E-state index in [1.165, 1.54) is 26.4 Å². The molecule has 0 aliphatic carbocycles. The molecule has 0 radical (unpaired) electrons. The number of carbonyl (C=O) groups excluding carboxylic acids is 3. The molecule has 1 N–H and O–H groups in total. The van der Waals surface area contributed by atoms with Crippen LogP contribution in [0.3, 0.4) is 0 Å². The Hall–Kier alpha value is -3.81. The number of esters is 1. The maximum atomic E-state index is 12.8. The number of nitrogens with one attached hydrogen (secondary N) is 1. The van der Waals surface area contributed by atoms with Crippen LogP contribution in [0.5, 0.6) is 11.5 Å². The minimum Gasteiger partial charge on any atom is -0.493 e. The molecule has 0 atom stereocenters. The Balaban J connectivity index is 1.84. The number of carbonyl (C=O) groups is 3. The molecule has 32 heavy (non-hydrogen) atoms. The number of fused-ring (bicyclic) bond motifs is 1. The average Bonchev–Trinajstić information content (AvgIpc) is 3.13. The van der Waals surface area contributed by atoms with Crippen LogP contribution in [0.25, 0.3) is 11.0 Å². The molecule has 1 aromatic heterocycles. The standard InChI is InChI=1S/C24H25NO7/c1-13(2)23(27)25-17-11-21(30-5)20(29-4)10-16(17)24(28)31-12-18(26)22-14(3)15-8-6-7-9-19(15)32-22/h6-11,13H,12H2,1-5H3,(H,25,27). The van der Waals surface area contributed by atoms with E-state index in [2.05, 4.69) is 5.32 Å². The van der Waals surface area contributed by atoms with Crippen molar-refractivity contribution in [2.75, 3.05) is 26.1 Å². The van der Waals surface area contributed by atoms with E-state index in [1.54, 1.807) is 26.8 Å². The molecule has 2 aromatic carbocycles. The number of benzene rings is 2. The smallest absolute Gasteiger partial charge is 0.340 e. The van der Waals surface area contributed by atoms with Gasteiger partial charge in [0, 0.05) is 29.0 Å². The van der Waals surface area contributed by atoms with Gasteiger partial charge in [0.05, 0.1) is 25.5 Å². The van der Waals surface area contributed by atoms with E-state index in [0.29, 0.717) is 16.9 Å². The van der Waals surface area contributed by atoms with Crippen LogP contribution in [0.4, 0.5) is 5.69 Å². The summed E-state index contributed by atoms with van der Waals surface area (Å²) in [5.74, 6) is -1.13. The van der Waals surface area contributed by atoms with Gasteiger partial charge >= 0.3 is 5.97 Å². The van der Waals surface area contributed by atoms with Crippen molar-refractivity contribution in [1.82, 2.24) is 0 Å². The molecule has 168 valence electrons. The molecule has 3 aromatic rings. The number of furan rings is 1. The number of ether oxygens (including phenoxy) is 3. The normalized spacial score (nSPS) is 10.8. The third-order valence-corrected chi connectivity index (χ3v) is 4.96. The molecule has 8 nitrogen and oxygen atoms in total. The molecule has 3 rings (SSSR count). The van der Waals surface area contributed by atoms with Crippen LogP contribution in [-0.4, -0.2) is 38.5 Å². The van der Waals surface area contributed by atoms with E-state index in [9.17, 15) is 14.4 Å². The predicted molar refractivity (Wildman–Crippen MR) is 119 cm³/mol. The lowest BCUT2D eigenvalue weighted by atomic mass is 10.1. The quantitative estimate of drug-likeness (QED) is 0.410. The summed E-state index contributed by atoms with van der Waals surface area (Å²) >= 11 is 0. The zero-order valence-electron chi connectivity index (χ0n) is 18.6. The predicted octanol–water partition coefficient (Wildman–Crippen LogP) is 4.39. The highest BCUT2D eigenvalue weighted by Gasteiger charge is 2.23. The van der Waals surface area contributed by atoms with E-state index in [-0.39, 0.29) is 34.6 Å². The molecule has 0 saturated heterocycles. The number of aryl methyl sites for hydroxylation is 1. The Labute approximate surface area is 185 Å². The molecule has 8 heteroatoms. The lowest BCUT2D eigenvalue weighted by Gasteiger charge is -2.16. The minimum absolute atomic E-state index is 0.0331. The minimum atomic E-state index is -0.799. The Bertz CT molecular complexity index is 1180. The van der Waals surface area contributed by atoms with Gasteiger partial charge in [0.15, 0.2) is 23.9 Å². The topological polar surface area (TPSA) is 104 Å². The zero-order valence-corrected chi connectivity index (χ0v) is 18.6. The monoisotopic (exact) mass is 439 g/mol. The first kappa shape index (κ1) is 22.9. The summed E-state index contributed by atoms with van der Waals surface area (Å²) in [5.41, 5.74) is 1.49. The number of rotatable bonds is 8. The van der Waals surface area contributed by atoms with Gasteiger partial charge in [0.2, 0.25) is 11.7 Å². The van der Waals surface area contributed by atoms with E-state index in [4.69, 9.17) is 18.6 Å². The highest BCUT2D eigenvalue weighted by atomic mass is 16.5. The fourth-order valence-corrected chi connectivity index (χ4v) is 3.14. The van der Waals surface area contributed by atoms with Gasteiger partial charge in [0.1, 0.15) is 5.58 Å². The summed E-state index contributed by atoms with van der Waals surface area (Å²) in [5, 5.41) is 3.50. The van der Waals surface area contributed by atoms with Crippen molar-refractivity contribution in [2.45, 2.75) is 20.8 Å². The van der Waals surface area contributed by atoms with E-state index >= 15 is 0 Å². The summed E-state index contributed by atoms with van der Waals surface area (Å²) in [7, 11) is 2.87. The summed E-state index contributed by atoms with van der Waals surface area (Å²) in [4.78, 5) is 37.7. The number of Topliss-reactive ketones (excluding diaryl/α,β-unsaturated/α-hetero) is 1. The third kappa shape index (κ3) is 4.59. The van der Waals surface area contributed by atoms with Crippen molar-refractivity contribution in [3.8, 4) is 11.5 Å². The second-order valence-electron chi connectivity index (χ2n) is 7.45. The molecule has 0 aliphatic rings. The van der Waals surface area contributed by atoms with Gasteiger partial charge in [-0.2, -0.15) is 0 Å². The van der Waals surface area contributed by atoms with Gasteiger partial charge in [-0.15, -0.1) is 0 Å². The Kier molecular flexibility index (Phi) is 6.82. The number of hydrogen-bond acceptors (Lipinski definition) is 7. The second kappa shape index (κ2) is 9.55. The third-order valence-electron chi connectivity index (χ3n) is 4.96. The molecule has 0 unspecified atom stereocenters. The van der Waals surface area contributed by atoms with E-state index in [0.717, 1.165) is 5.39 Å². The highest BCUT2D eigenvalue weighted by molar-refractivity contribution is 6.05. The summed E-state index contributed by atoms with van der Waals surface area (Å²) in [6.07, 6.45) is 0. The van der Waals surface area contributed by atoms with Crippen molar-refractivity contribution in [3.63, 3.8) is 0 Å². The van der Waals surface area contributed by atoms with Crippen molar-refractivity contribution in [1.29, 1.82) is 0 Å². The van der Waals surface area contributed by atoms with Gasteiger partial charge in [-0.1, -0.05) is 32.0 Å². The van der Waals surface area contributed by atoms with Crippen LogP contribution in [0, 0.1) is 12.8 Å². The number of para-hydroxylation sites is 1. The summed E-state index contributed by atoms with van der Waals surface area (Å²) < 4.78 is 21.4. The van der Waals surface area contributed by atoms with E-state index in [1.807, 2.05) is 18.2 Å². The maximum absolute atomic E-state index is 12.8. The molecule has 1 amide bonds. The van der Waals surface area contributed by atoms with E-state index < -0.39 is 18.4 Å². The first-order valence-corrected chi connectivity index (χ1v) is 10.0. The van der Waals surface area contributed by atoms with Gasteiger partial charge in [0.25, 0.3) is 0 Å². The van der Waals surface area contributed by atoms with Crippen molar-refractivity contribution in [3.05, 3.63) is 53.3 Å². The van der Waals surface area contributed by atoms with Crippen LogP contribution >= 0.6 is 0 Å². The van der Waals surface area contributed by atoms with Gasteiger partial charge in [-0.3, -0.25) is 9.59 Å². The largest absolute Gasteiger partial charge is 0.493 e. The molecule has 0 bridgehead atoms. The van der Waals surface area contributed by atoms with Crippen LogP contribution in [0.1, 0.15) is 40.3 Å². The first-order valence-electron chi connectivity index (χ1n) is 10.0. The summed E-state index contributed by atoms with van der Waals surface area (Å²) in [6, 6.07) is 10.1. The lowest BCUT2D eigenvalue weighted by molar-refractivity contribution is -0.118. The van der Waals surface area contributed by atoms with Crippen molar-refractivity contribution in [2.24, 2.45) is 5.92 Å². The van der Waals surface area contributed by atoms with Gasteiger partial charge < -0.3 is 23.9 Å². The number of methoxy groups -OCH3 is 2. The molecule has 0 aliphatic heterocycles. The summed E-state index contributed by atoms with van der Waals surface area (Å²) in [6.45, 7) is 4.70.